The maximum atomic E-state index is 12.4. The van der Waals surface area contributed by atoms with Crippen LogP contribution in [0.5, 0.6) is 0 Å². The highest BCUT2D eigenvalue weighted by molar-refractivity contribution is 6.04. The first-order chi connectivity index (χ1) is 12.2. The van der Waals surface area contributed by atoms with E-state index >= 15 is 0 Å². The summed E-state index contributed by atoms with van der Waals surface area (Å²) in [5.74, 6) is -0.00500. The third-order valence-corrected chi connectivity index (χ3v) is 4.28. The van der Waals surface area contributed by atoms with Crippen molar-refractivity contribution in [1.82, 2.24) is 5.32 Å². The van der Waals surface area contributed by atoms with Gasteiger partial charge in [-0.1, -0.05) is 19.1 Å². The van der Waals surface area contributed by atoms with Gasteiger partial charge >= 0.3 is 0 Å². The fourth-order valence-corrected chi connectivity index (χ4v) is 2.95. The molecule has 0 spiro atoms. The summed E-state index contributed by atoms with van der Waals surface area (Å²) in [4.78, 5) is 26.0. The second-order valence-electron chi connectivity index (χ2n) is 6.13. The van der Waals surface area contributed by atoms with Crippen molar-refractivity contribution in [3.63, 3.8) is 0 Å². The molecule has 0 bridgehead atoms. The first-order valence-corrected chi connectivity index (χ1v) is 8.69. The fraction of sp³-hybridized carbons (Fsp3) is 0.300. The molecule has 3 rings (SSSR count). The van der Waals surface area contributed by atoms with Gasteiger partial charge < -0.3 is 15.5 Å². The third kappa shape index (κ3) is 4.25. The monoisotopic (exact) mass is 337 g/mol. The Morgan fingerprint density at radius 3 is 2.64 bits per heavy atom. The number of anilines is 2. The molecule has 1 saturated heterocycles. The van der Waals surface area contributed by atoms with Gasteiger partial charge in [-0.15, -0.1) is 0 Å². The Morgan fingerprint density at radius 1 is 1.16 bits per heavy atom. The lowest BCUT2D eigenvalue weighted by molar-refractivity contribution is -0.117. The Labute approximate surface area is 148 Å². The molecular formula is C20H23N3O2. The predicted octanol–water partition coefficient (Wildman–Crippen LogP) is 3.18. The summed E-state index contributed by atoms with van der Waals surface area (Å²) in [5.41, 5.74) is 3.33. The van der Waals surface area contributed by atoms with Crippen LogP contribution < -0.4 is 15.5 Å². The lowest BCUT2D eigenvalue weighted by Gasteiger charge is -2.16. The maximum Gasteiger partial charge on any atom is 0.255 e. The number of rotatable bonds is 6. The normalized spacial score (nSPS) is 14.0. The van der Waals surface area contributed by atoms with E-state index < -0.39 is 0 Å². The quantitative estimate of drug-likeness (QED) is 0.851. The summed E-state index contributed by atoms with van der Waals surface area (Å²) >= 11 is 0. The second-order valence-corrected chi connectivity index (χ2v) is 6.13. The van der Waals surface area contributed by atoms with Gasteiger partial charge in [-0.2, -0.15) is 0 Å². The molecule has 2 amide bonds. The third-order valence-electron chi connectivity index (χ3n) is 4.28. The van der Waals surface area contributed by atoms with E-state index in [0.29, 0.717) is 12.0 Å². The van der Waals surface area contributed by atoms with Crippen molar-refractivity contribution in [2.75, 3.05) is 23.3 Å². The average Bonchev–Trinajstić information content (AvgIpc) is 3.06. The zero-order valence-corrected chi connectivity index (χ0v) is 14.4. The van der Waals surface area contributed by atoms with Crippen LogP contribution in [-0.4, -0.2) is 24.9 Å². The van der Waals surface area contributed by atoms with Gasteiger partial charge in [0.2, 0.25) is 5.91 Å². The summed E-state index contributed by atoms with van der Waals surface area (Å²) in [6, 6.07) is 15.0. The van der Waals surface area contributed by atoms with Gasteiger partial charge in [-0.05, 0) is 54.9 Å². The van der Waals surface area contributed by atoms with E-state index in [9.17, 15) is 9.59 Å². The molecule has 25 heavy (non-hydrogen) atoms. The van der Waals surface area contributed by atoms with Crippen molar-refractivity contribution in [3.8, 4) is 0 Å². The number of hydrogen-bond donors (Lipinski definition) is 2. The van der Waals surface area contributed by atoms with E-state index in [4.69, 9.17) is 0 Å². The maximum absolute atomic E-state index is 12.4. The topological polar surface area (TPSA) is 61.4 Å². The van der Waals surface area contributed by atoms with Crippen molar-refractivity contribution in [2.24, 2.45) is 0 Å². The van der Waals surface area contributed by atoms with Gasteiger partial charge in [-0.3, -0.25) is 9.59 Å². The summed E-state index contributed by atoms with van der Waals surface area (Å²) in [7, 11) is 0. The first-order valence-electron chi connectivity index (χ1n) is 8.69. The average molecular weight is 337 g/mol. The number of amides is 2. The number of hydrogen-bond acceptors (Lipinski definition) is 3. The molecule has 0 saturated carbocycles. The largest absolute Gasteiger partial charge is 0.322 e. The smallest absolute Gasteiger partial charge is 0.255 e. The van der Waals surface area contributed by atoms with Crippen molar-refractivity contribution in [2.45, 2.75) is 26.3 Å². The van der Waals surface area contributed by atoms with E-state index in [0.717, 1.165) is 43.0 Å². The Balaban J connectivity index is 1.66. The summed E-state index contributed by atoms with van der Waals surface area (Å²) < 4.78 is 0. The number of carbonyl (C=O) groups is 2. The molecule has 5 nitrogen and oxygen atoms in total. The van der Waals surface area contributed by atoms with E-state index in [1.807, 2.05) is 36.4 Å². The lowest BCUT2D eigenvalue weighted by atomic mass is 10.1. The molecular weight excluding hydrogens is 314 g/mol. The number of nitrogens with zero attached hydrogens (tertiary/aromatic N) is 1. The highest BCUT2D eigenvalue weighted by atomic mass is 16.2. The van der Waals surface area contributed by atoms with Crippen LogP contribution in [0.3, 0.4) is 0 Å². The number of carbonyl (C=O) groups excluding carboxylic acids is 2. The molecule has 0 aliphatic carbocycles. The molecule has 2 aromatic carbocycles. The van der Waals surface area contributed by atoms with E-state index in [2.05, 4.69) is 17.6 Å². The molecule has 1 fully saturated rings. The summed E-state index contributed by atoms with van der Waals surface area (Å²) in [5, 5.41) is 6.19. The van der Waals surface area contributed by atoms with Gasteiger partial charge in [0.1, 0.15) is 0 Å². The predicted molar refractivity (Wildman–Crippen MR) is 99.8 cm³/mol. The van der Waals surface area contributed by atoms with Crippen LogP contribution in [0.1, 0.15) is 35.7 Å². The van der Waals surface area contributed by atoms with Crippen LogP contribution in [0.15, 0.2) is 48.5 Å². The van der Waals surface area contributed by atoms with Crippen molar-refractivity contribution < 1.29 is 9.59 Å². The SMILES string of the molecule is CCNCc1cccc(NC(=O)c2ccc(N3CCCC3=O)cc2)c1. The van der Waals surface area contributed by atoms with Crippen LogP contribution in [0.2, 0.25) is 0 Å². The molecule has 0 radical (unpaired) electrons. The van der Waals surface area contributed by atoms with E-state index in [1.165, 1.54) is 0 Å². The first kappa shape index (κ1) is 17.2. The van der Waals surface area contributed by atoms with E-state index in [-0.39, 0.29) is 11.8 Å². The molecule has 1 heterocycles. The van der Waals surface area contributed by atoms with Gasteiger partial charge in [0, 0.05) is 36.4 Å². The van der Waals surface area contributed by atoms with Crippen LogP contribution in [-0.2, 0) is 11.3 Å². The minimum atomic E-state index is -0.153. The Bertz CT molecular complexity index is 756. The second kappa shape index (κ2) is 7.94. The number of nitrogens with one attached hydrogen (secondary N) is 2. The van der Waals surface area contributed by atoms with Crippen LogP contribution in [0.25, 0.3) is 0 Å². The van der Waals surface area contributed by atoms with Gasteiger partial charge in [-0.25, -0.2) is 0 Å². The molecule has 5 heteroatoms. The highest BCUT2D eigenvalue weighted by Gasteiger charge is 2.21. The summed E-state index contributed by atoms with van der Waals surface area (Å²) in [6.07, 6.45) is 1.50. The Hall–Kier alpha value is -2.66. The molecule has 0 atom stereocenters. The summed E-state index contributed by atoms with van der Waals surface area (Å²) in [6.45, 7) is 4.50. The van der Waals surface area contributed by atoms with Crippen molar-refractivity contribution in [3.05, 3.63) is 59.7 Å². The van der Waals surface area contributed by atoms with E-state index in [1.54, 1.807) is 17.0 Å². The minimum Gasteiger partial charge on any atom is -0.322 e. The van der Waals surface area contributed by atoms with Gasteiger partial charge in [0.15, 0.2) is 0 Å². The molecule has 1 aliphatic rings. The molecule has 0 aromatic heterocycles. The molecule has 2 N–H and O–H groups in total. The molecule has 2 aromatic rings. The Morgan fingerprint density at radius 2 is 1.96 bits per heavy atom. The van der Waals surface area contributed by atoms with Gasteiger partial charge in [0.25, 0.3) is 5.91 Å². The van der Waals surface area contributed by atoms with Gasteiger partial charge in [0.05, 0.1) is 0 Å². The van der Waals surface area contributed by atoms with Crippen molar-refractivity contribution in [1.29, 1.82) is 0 Å². The standard InChI is InChI=1S/C20H23N3O2/c1-2-21-14-15-5-3-6-17(13-15)22-20(25)16-8-10-18(11-9-16)23-12-4-7-19(23)24/h3,5-6,8-11,13,21H,2,4,7,12,14H2,1H3,(H,22,25). The van der Waals surface area contributed by atoms with Crippen molar-refractivity contribution >= 4 is 23.2 Å². The lowest BCUT2D eigenvalue weighted by Crippen LogP contribution is -2.23. The minimum absolute atomic E-state index is 0.148. The fourth-order valence-electron chi connectivity index (χ4n) is 2.95. The van der Waals surface area contributed by atoms with Crippen LogP contribution >= 0.6 is 0 Å². The Kier molecular flexibility index (Phi) is 5.46. The molecule has 0 unspecified atom stereocenters. The van der Waals surface area contributed by atoms with Crippen LogP contribution in [0, 0.1) is 0 Å². The van der Waals surface area contributed by atoms with Crippen LogP contribution in [0.4, 0.5) is 11.4 Å². The highest BCUT2D eigenvalue weighted by Crippen LogP contribution is 2.22. The zero-order chi connectivity index (χ0) is 17.6. The zero-order valence-electron chi connectivity index (χ0n) is 14.4. The molecule has 1 aliphatic heterocycles. The number of benzene rings is 2. The molecule has 130 valence electrons.